The van der Waals surface area contributed by atoms with Crippen molar-refractivity contribution in [2.24, 2.45) is 10.4 Å². The number of sulfonamides is 1. The Morgan fingerprint density at radius 2 is 1.96 bits per heavy atom. The summed E-state index contributed by atoms with van der Waals surface area (Å²) in [7, 11) is 1.77. The molecule has 0 aliphatic heterocycles. The first-order chi connectivity index (χ1) is 12.8. The molecule has 0 bridgehead atoms. The second kappa shape index (κ2) is 9.52. The standard InChI is InChI=1S/C17H29N5O3S2/c1-18-16(19-10-11-21-27(24,25)14-7-6-12-26-14)20-13-17(8-4-5-9-17)15(23)22(2)3/h6-7,12,21H,4-5,8-11,13H2,1-3H3,(H2,18,19,20). The van der Waals surface area contributed by atoms with E-state index >= 15 is 0 Å². The summed E-state index contributed by atoms with van der Waals surface area (Å²) in [6, 6.07) is 3.28. The van der Waals surface area contributed by atoms with Crippen molar-refractivity contribution in [3.8, 4) is 0 Å². The molecule has 8 nitrogen and oxygen atoms in total. The van der Waals surface area contributed by atoms with Gasteiger partial charge in [-0.1, -0.05) is 18.9 Å². The molecule has 1 saturated carbocycles. The molecule has 1 aliphatic carbocycles. The van der Waals surface area contributed by atoms with Crippen molar-refractivity contribution in [1.29, 1.82) is 0 Å². The number of hydrogen-bond acceptors (Lipinski definition) is 5. The third-order valence-corrected chi connectivity index (χ3v) is 7.57. The summed E-state index contributed by atoms with van der Waals surface area (Å²) in [5, 5.41) is 8.05. The molecule has 0 saturated heterocycles. The molecule has 10 heteroatoms. The lowest BCUT2D eigenvalue weighted by molar-refractivity contribution is -0.138. The second-order valence-corrected chi connectivity index (χ2v) is 9.81. The van der Waals surface area contributed by atoms with Crippen molar-refractivity contribution >= 4 is 33.2 Å². The van der Waals surface area contributed by atoms with Gasteiger partial charge in [0.05, 0.1) is 5.41 Å². The fraction of sp³-hybridized carbons (Fsp3) is 0.647. The Labute approximate surface area is 165 Å². The van der Waals surface area contributed by atoms with Crippen molar-refractivity contribution in [2.45, 2.75) is 29.9 Å². The van der Waals surface area contributed by atoms with Crippen LogP contribution in [0, 0.1) is 5.41 Å². The van der Waals surface area contributed by atoms with Gasteiger partial charge in [0.1, 0.15) is 4.21 Å². The van der Waals surface area contributed by atoms with E-state index in [1.54, 1.807) is 43.6 Å². The Bertz CT molecular complexity index is 739. The maximum atomic E-state index is 12.6. The molecule has 0 aromatic carbocycles. The minimum Gasteiger partial charge on any atom is -0.355 e. The lowest BCUT2D eigenvalue weighted by Crippen LogP contribution is -2.50. The van der Waals surface area contributed by atoms with Gasteiger partial charge in [0.15, 0.2) is 5.96 Å². The first-order valence-electron chi connectivity index (χ1n) is 9.00. The van der Waals surface area contributed by atoms with E-state index in [1.165, 1.54) is 11.3 Å². The minimum absolute atomic E-state index is 0.145. The number of guanidine groups is 1. The Kier molecular flexibility index (Phi) is 7.63. The van der Waals surface area contributed by atoms with Crippen LogP contribution in [0.1, 0.15) is 25.7 Å². The molecule has 3 N–H and O–H groups in total. The van der Waals surface area contributed by atoms with Gasteiger partial charge in [-0.05, 0) is 24.3 Å². The first kappa shape index (κ1) is 21.6. The SMILES string of the molecule is CN=C(NCCNS(=O)(=O)c1cccs1)NCC1(C(=O)N(C)C)CCCC1. The van der Waals surface area contributed by atoms with Crippen molar-refractivity contribution in [3.05, 3.63) is 17.5 Å². The Balaban J connectivity index is 1.81. The third kappa shape index (κ3) is 5.66. The molecule has 0 atom stereocenters. The van der Waals surface area contributed by atoms with Gasteiger partial charge in [-0.2, -0.15) is 0 Å². The quantitative estimate of drug-likeness (QED) is 0.332. The number of carbonyl (C=O) groups is 1. The number of rotatable bonds is 8. The summed E-state index contributed by atoms with van der Waals surface area (Å²) in [6.07, 6.45) is 3.85. The minimum atomic E-state index is -3.46. The van der Waals surface area contributed by atoms with Gasteiger partial charge in [0, 0.05) is 40.8 Å². The van der Waals surface area contributed by atoms with E-state index in [9.17, 15) is 13.2 Å². The van der Waals surface area contributed by atoms with Gasteiger partial charge in [0.25, 0.3) is 0 Å². The fourth-order valence-electron chi connectivity index (χ4n) is 3.32. The highest BCUT2D eigenvalue weighted by atomic mass is 32.2. The normalized spacial score (nSPS) is 16.9. The number of nitrogens with one attached hydrogen (secondary N) is 3. The van der Waals surface area contributed by atoms with Crippen LogP contribution in [0.4, 0.5) is 0 Å². The molecule has 1 amide bonds. The number of thiophene rings is 1. The van der Waals surface area contributed by atoms with E-state index in [4.69, 9.17) is 0 Å². The Morgan fingerprint density at radius 1 is 1.26 bits per heavy atom. The second-order valence-electron chi connectivity index (χ2n) is 6.87. The number of amides is 1. The van der Waals surface area contributed by atoms with Crippen LogP contribution in [0.2, 0.25) is 0 Å². The van der Waals surface area contributed by atoms with Crippen LogP contribution in [-0.2, 0) is 14.8 Å². The van der Waals surface area contributed by atoms with E-state index in [1.807, 2.05) is 0 Å². The third-order valence-electron chi connectivity index (χ3n) is 4.71. The molecule has 0 radical (unpaired) electrons. The zero-order valence-corrected chi connectivity index (χ0v) is 17.8. The van der Waals surface area contributed by atoms with Crippen molar-refractivity contribution in [1.82, 2.24) is 20.3 Å². The van der Waals surface area contributed by atoms with Crippen molar-refractivity contribution in [2.75, 3.05) is 40.8 Å². The molecule has 1 aromatic heterocycles. The van der Waals surface area contributed by atoms with Crippen LogP contribution in [0.25, 0.3) is 0 Å². The lowest BCUT2D eigenvalue weighted by Gasteiger charge is -2.31. The molecular weight excluding hydrogens is 386 g/mol. The van der Waals surface area contributed by atoms with Crippen LogP contribution in [0.5, 0.6) is 0 Å². The number of nitrogens with zero attached hydrogens (tertiary/aromatic N) is 2. The van der Waals surface area contributed by atoms with Gasteiger partial charge in [-0.15, -0.1) is 11.3 Å². The summed E-state index contributed by atoms with van der Waals surface area (Å²) in [5.74, 6) is 0.704. The maximum Gasteiger partial charge on any atom is 0.250 e. The highest BCUT2D eigenvalue weighted by Gasteiger charge is 2.42. The zero-order valence-electron chi connectivity index (χ0n) is 16.1. The van der Waals surface area contributed by atoms with Crippen LogP contribution in [-0.4, -0.2) is 66.0 Å². The van der Waals surface area contributed by atoms with E-state index in [0.717, 1.165) is 25.7 Å². The molecule has 0 spiro atoms. The summed E-state index contributed by atoms with van der Waals surface area (Å²) < 4.78 is 27.0. The number of carbonyl (C=O) groups excluding carboxylic acids is 1. The molecule has 1 fully saturated rings. The van der Waals surface area contributed by atoms with Crippen LogP contribution in [0.3, 0.4) is 0 Å². The lowest BCUT2D eigenvalue weighted by atomic mass is 9.84. The first-order valence-corrected chi connectivity index (χ1v) is 11.4. The summed E-state index contributed by atoms with van der Waals surface area (Å²) in [6.45, 7) is 1.15. The average Bonchev–Trinajstić information content (AvgIpc) is 3.33. The van der Waals surface area contributed by atoms with Crippen LogP contribution >= 0.6 is 11.3 Å². The largest absolute Gasteiger partial charge is 0.355 e. The average molecular weight is 416 g/mol. The van der Waals surface area contributed by atoms with E-state index in [-0.39, 0.29) is 17.9 Å². The summed E-state index contributed by atoms with van der Waals surface area (Å²) in [4.78, 5) is 18.4. The highest BCUT2D eigenvalue weighted by Crippen LogP contribution is 2.38. The molecule has 1 aromatic rings. The fourth-order valence-corrected chi connectivity index (χ4v) is 5.39. The van der Waals surface area contributed by atoms with Crippen molar-refractivity contribution < 1.29 is 13.2 Å². The smallest absolute Gasteiger partial charge is 0.250 e. The van der Waals surface area contributed by atoms with E-state index < -0.39 is 10.0 Å². The predicted octanol–water partition coefficient (Wildman–Crippen LogP) is 0.840. The summed E-state index contributed by atoms with van der Waals surface area (Å²) >= 11 is 1.18. The number of hydrogen-bond donors (Lipinski definition) is 3. The van der Waals surface area contributed by atoms with E-state index in [2.05, 4.69) is 20.3 Å². The molecular formula is C17H29N5O3S2. The van der Waals surface area contributed by atoms with Gasteiger partial charge in [-0.3, -0.25) is 9.79 Å². The monoisotopic (exact) mass is 415 g/mol. The number of aliphatic imine (C=N–C) groups is 1. The van der Waals surface area contributed by atoms with Gasteiger partial charge < -0.3 is 15.5 Å². The van der Waals surface area contributed by atoms with Crippen LogP contribution < -0.4 is 15.4 Å². The highest BCUT2D eigenvalue weighted by molar-refractivity contribution is 7.91. The zero-order chi connectivity index (χ0) is 19.9. The molecule has 27 heavy (non-hydrogen) atoms. The predicted molar refractivity (Wildman–Crippen MR) is 108 cm³/mol. The molecule has 0 unspecified atom stereocenters. The van der Waals surface area contributed by atoms with Gasteiger partial charge >= 0.3 is 0 Å². The van der Waals surface area contributed by atoms with Gasteiger partial charge in [-0.25, -0.2) is 13.1 Å². The Morgan fingerprint density at radius 3 is 2.52 bits per heavy atom. The van der Waals surface area contributed by atoms with Crippen LogP contribution in [0.15, 0.2) is 26.7 Å². The molecule has 2 rings (SSSR count). The van der Waals surface area contributed by atoms with E-state index in [0.29, 0.717) is 23.3 Å². The summed E-state index contributed by atoms with van der Waals surface area (Å²) in [5.41, 5.74) is -0.387. The Hall–Kier alpha value is -1.65. The van der Waals surface area contributed by atoms with Gasteiger partial charge in [0.2, 0.25) is 15.9 Å². The maximum absolute atomic E-state index is 12.6. The molecule has 1 heterocycles. The molecule has 1 aliphatic rings. The topological polar surface area (TPSA) is 103 Å². The molecule has 152 valence electrons. The van der Waals surface area contributed by atoms with Crippen molar-refractivity contribution in [3.63, 3.8) is 0 Å².